The van der Waals surface area contributed by atoms with Crippen LogP contribution >= 0.6 is 0 Å². The SMILES string of the molecule is Cc1n[nH]c(C)c1-c1cc(C(N)=O)c2c(c1)c1ccc(C(=O)N3CC(C)OC(C)C3)cc1n2CC1CC1. The van der Waals surface area contributed by atoms with Crippen LogP contribution in [0.2, 0.25) is 0 Å². The van der Waals surface area contributed by atoms with Gasteiger partial charge in [-0.05, 0) is 76.3 Å². The van der Waals surface area contributed by atoms with Gasteiger partial charge in [0.2, 0.25) is 0 Å². The monoisotopic (exact) mass is 499 g/mol. The third-order valence-corrected chi connectivity index (χ3v) is 7.73. The Bertz CT molecular complexity index is 1530. The summed E-state index contributed by atoms with van der Waals surface area (Å²) < 4.78 is 8.04. The van der Waals surface area contributed by atoms with Crippen molar-refractivity contribution in [1.29, 1.82) is 0 Å². The Kier molecular flexibility index (Phi) is 5.60. The lowest BCUT2D eigenvalue weighted by Crippen LogP contribution is -2.48. The van der Waals surface area contributed by atoms with Crippen LogP contribution in [-0.4, -0.2) is 56.8 Å². The van der Waals surface area contributed by atoms with E-state index in [1.807, 2.05) is 56.9 Å². The molecular weight excluding hydrogens is 466 g/mol. The summed E-state index contributed by atoms with van der Waals surface area (Å²) >= 11 is 0. The first kappa shape index (κ1) is 23.7. The number of amides is 2. The highest BCUT2D eigenvalue weighted by Gasteiger charge is 2.29. The van der Waals surface area contributed by atoms with Crippen LogP contribution in [0.5, 0.6) is 0 Å². The van der Waals surface area contributed by atoms with Gasteiger partial charge < -0.3 is 19.9 Å². The van der Waals surface area contributed by atoms with Gasteiger partial charge in [0.25, 0.3) is 11.8 Å². The van der Waals surface area contributed by atoms with Gasteiger partial charge in [0.15, 0.2) is 0 Å². The van der Waals surface area contributed by atoms with Crippen LogP contribution in [0.4, 0.5) is 0 Å². The highest BCUT2D eigenvalue weighted by atomic mass is 16.5. The molecule has 2 atom stereocenters. The maximum atomic E-state index is 13.5. The number of rotatable bonds is 5. The van der Waals surface area contributed by atoms with Crippen LogP contribution < -0.4 is 5.73 Å². The zero-order valence-corrected chi connectivity index (χ0v) is 21.8. The van der Waals surface area contributed by atoms with Gasteiger partial charge in [0.1, 0.15) is 0 Å². The minimum atomic E-state index is -0.460. The second-order valence-corrected chi connectivity index (χ2v) is 10.8. The van der Waals surface area contributed by atoms with Crippen molar-refractivity contribution >= 4 is 33.6 Å². The molecule has 2 amide bonds. The molecule has 2 fully saturated rings. The molecule has 3 N–H and O–H groups in total. The fraction of sp³-hybridized carbons (Fsp3) is 0.414. The number of carbonyl (C=O) groups is 2. The first-order valence-corrected chi connectivity index (χ1v) is 13.1. The number of aromatic nitrogens is 3. The lowest BCUT2D eigenvalue weighted by molar-refractivity contribution is -0.0586. The molecule has 3 heterocycles. The molecule has 8 nitrogen and oxygen atoms in total. The zero-order chi connectivity index (χ0) is 26.0. The highest BCUT2D eigenvalue weighted by molar-refractivity contribution is 6.17. The molecule has 2 aromatic heterocycles. The molecule has 8 heteroatoms. The molecule has 2 unspecified atom stereocenters. The van der Waals surface area contributed by atoms with E-state index in [-0.39, 0.29) is 18.1 Å². The average molecular weight is 500 g/mol. The zero-order valence-electron chi connectivity index (χ0n) is 21.8. The van der Waals surface area contributed by atoms with Crippen molar-refractivity contribution in [3.63, 3.8) is 0 Å². The minimum absolute atomic E-state index is 0.00382. The maximum Gasteiger partial charge on any atom is 0.254 e. The Morgan fingerprint density at radius 1 is 1.08 bits per heavy atom. The Morgan fingerprint density at radius 2 is 1.81 bits per heavy atom. The number of aryl methyl sites for hydroxylation is 2. The standard InChI is InChI=1S/C29H33N5O3/c1-15-12-33(13-16(2)37-15)29(36)20-7-8-22-23-9-21(26-17(3)31-32-18(26)4)10-24(28(30)35)27(23)34(25(22)11-20)14-19-5-6-19/h7-11,15-16,19H,5-6,12-14H2,1-4H3,(H2,30,35)(H,31,32). The van der Waals surface area contributed by atoms with E-state index in [1.165, 1.54) is 12.8 Å². The average Bonchev–Trinajstić information content (AvgIpc) is 3.55. The Balaban J connectivity index is 1.56. The van der Waals surface area contributed by atoms with Crippen molar-refractivity contribution in [3.8, 4) is 11.1 Å². The summed E-state index contributed by atoms with van der Waals surface area (Å²) in [6.07, 6.45) is 2.34. The summed E-state index contributed by atoms with van der Waals surface area (Å²) in [5.41, 5.74) is 12.6. The summed E-state index contributed by atoms with van der Waals surface area (Å²) in [6.45, 7) is 9.88. The van der Waals surface area contributed by atoms with Crippen molar-refractivity contribution in [3.05, 3.63) is 52.8 Å². The van der Waals surface area contributed by atoms with Gasteiger partial charge in [-0.2, -0.15) is 5.10 Å². The molecule has 2 aliphatic rings. The second-order valence-electron chi connectivity index (χ2n) is 10.8. The Morgan fingerprint density at radius 3 is 2.43 bits per heavy atom. The molecule has 192 valence electrons. The molecule has 1 aliphatic carbocycles. The normalized spacial score (nSPS) is 20.2. The van der Waals surface area contributed by atoms with E-state index in [0.717, 1.165) is 50.9 Å². The van der Waals surface area contributed by atoms with Gasteiger partial charge in [-0.1, -0.05) is 6.07 Å². The van der Waals surface area contributed by atoms with Crippen LogP contribution in [0.25, 0.3) is 32.9 Å². The number of aromatic amines is 1. The fourth-order valence-corrected chi connectivity index (χ4v) is 5.95. The van der Waals surface area contributed by atoms with Crippen molar-refractivity contribution < 1.29 is 14.3 Å². The molecule has 1 aliphatic heterocycles. The van der Waals surface area contributed by atoms with E-state index in [9.17, 15) is 9.59 Å². The predicted octanol–water partition coefficient (Wildman–Crippen LogP) is 4.56. The largest absolute Gasteiger partial charge is 0.372 e. The van der Waals surface area contributed by atoms with E-state index in [0.29, 0.717) is 30.1 Å². The van der Waals surface area contributed by atoms with Crippen LogP contribution in [-0.2, 0) is 11.3 Å². The van der Waals surface area contributed by atoms with Gasteiger partial charge in [-0.3, -0.25) is 14.7 Å². The van der Waals surface area contributed by atoms with Gasteiger partial charge in [0.05, 0.1) is 29.0 Å². The topological polar surface area (TPSA) is 106 Å². The third kappa shape index (κ3) is 4.09. The number of ether oxygens (including phenoxy) is 1. The number of H-pyrrole nitrogens is 1. The van der Waals surface area contributed by atoms with Crippen LogP contribution in [0.15, 0.2) is 30.3 Å². The smallest absolute Gasteiger partial charge is 0.254 e. The number of hydrogen-bond donors (Lipinski definition) is 2. The minimum Gasteiger partial charge on any atom is -0.372 e. The van der Waals surface area contributed by atoms with E-state index in [2.05, 4.69) is 20.8 Å². The van der Waals surface area contributed by atoms with E-state index in [4.69, 9.17) is 10.5 Å². The molecule has 2 aromatic carbocycles. The molecule has 4 aromatic rings. The summed E-state index contributed by atoms with van der Waals surface area (Å²) in [5.74, 6) is 0.114. The van der Waals surface area contributed by atoms with E-state index < -0.39 is 5.91 Å². The number of primary amides is 1. The Hall–Kier alpha value is -3.65. The first-order valence-electron chi connectivity index (χ1n) is 13.1. The van der Waals surface area contributed by atoms with Crippen molar-refractivity contribution in [2.45, 2.75) is 59.3 Å². The maximum absolute atomic E-state index is 13.5. The fourth-order valence-electron chi connectivity index (χ4n) is 5.95. The molecule has 6 rings (SSSR count). The molecule has 1 saturated carbocycles. The lowest BCUT2D eigenvalue weighted by Gasteiger charge is -2.35. The third-order valence-electron chi connectivity index (χ3n) is 7.73. The van der Waals surface area contributed by atoms with Gasteiger partial charge in [-0.15, -0.1) is 0 Å². The summed E-state index contributed by atoms with van der Waals surface area (Å²) in [4.78, 5) is 28.2. The van der Waals surface area contributed by atoms with Crippen molar-refractivity contribution in [2.24, 2.45) is 11.7 Å². The van der Waals surface area contributed by atoms with Crippen LogP contribution in [0.3, 0.4) is 0 Å². The summed E-state index contributed by atoms with van der Waals surface area (Å²) in [5, 5.41) is 9.37. The quantitative estimate of drug-likeness (QED) is 0.420. The molecule has 0 radical (unpaired) electrons. The number of benzene rings is 2. The van der Waals surface area contributed by atoms with Crippen LogP contribution in [0, 0.1) is 19.8 Å². The number of fused-ring (bicyclic) bond motifs is 3. The molecule has 0 spiro atoms. The summed E-state index contributed by atoms with van der Waals surface area (Å²) in [7, 11) is 0. The van der Waals surface area contributed by atoms with Gasteiger partial charge >= 0.3 is 0 Å². The molecule has 1 saturated heterocycles. The second kappa shape index (κ2) is 8.73. The molecule has 37 heavy (non-hydrogen) atoms. The Labute approximate surface area is 215 Å². The molecule has 0 bridgehead atoms. The van der Waals surface area contributed by atoms with Gasteiger partial charge in [-0.25, -0.2) is 0 Å². The highest BCUT2D eigenvalue weighted by Crippen LogP contribution is 2.40. The number of nitrogens with zero attached hydrogens (tertiary/aromatic N) is 3. The van der Waals surface area contributed by atoms with Crippen LogP contribution in [0.1, 0.15) is 58.8 Å². The number of nitrogens with one attached hydrogen (secondary N) is 1. The number of morpholine rings is 1. The molecular formula is C29H33N5O3. The van der Waals surface area contributed by atoms with Crippen molar-refractivity contribution in [2.75, 3.05) is 13.1 Å². The lowest BCUT2D eigenvalue weighted by atomic mass is 9.97. The number of hydrogen-bond acceptors (Lipinski definition) is 4. The first-order chi connectivity index (χ1) is 17.7. The van der Waals surface area contributed by atoms with E-state index >= 15 is 0 Å². The predicted molar refractivity (Wildman–Crippen MR) is 144 cm³/mol. The summed E-state index contributed by atoms with van der Waals surface area (Å²) in [6, 6.07) is 9.93. The van der Waals surface area contributed by atoms with Crippen molar-refractivity contribution in [1.82, 2.24) is 19.7 Å². The van der Waals surface area contributed by atoms with Gasteiger partial charge in [0, 0.05) is 52.7 Å². The van der Waals surface area contributed by atoms with E-state index in [1.54, 1.807) is 0 Å². The number of nitrogens with two attached hydrogens (primary N) is 1. The number of carbonyl (C=O) groups excluding carboxylic acids is 2.